The fourth-order valence-electron chi connectivity index (χ4n) is 3.46. The highest BCUT2D eigenvalue weighted by atomic mass is 32.2. The summed E-state index contributed by atoms with van der Waals surface area (Å²) in [6.07, 6.45) is 4.92. The molecule has 0 saturated carbocycles. The van der Waals surface area contributed by atoms with Gasteiger partial charge in [-0.05, 0) is 25.1 Å². The van der Waals surface area contributed by atoms with Gasteiger partial charge in [0.05, 0.1) is 29.3 Å². The number of nitrogens with two attached hydrogens (primary N) is 1. The Kier molecular flexibility index (Phi) is 3.77. The molecule has 0 spiro atoms. The van der Waals surface area contributed by atoms with Crippen LogP contribution in [0.25, 0.3) is 11.3 Å². The zero-order valence-corrected chi connectivity index (χ0v) is 14.0. The number of hydrogen-bond donors (Lipinski definition) is 1. The number of amidine groups is 1. The molecule has 124 valence electrons. The van der Waals surface area contributed by atoms with Crippen LogP contribution < -0.4 is 5.73 Å². The van der Waals surface area contributed by atoms with Crippen molar-refractivity contribution >= 4 is 16.9 Å². The molecule has 3 atom stereocenters. The van der Waals surface area contributed by atoms with Gasteiger partial charge in [0.1, 0.15) is 5.82 Å². The zero-order valence-electron chi connectivity index (χ0n) is 13.1. The molecular weight excluding hydrogens is 327 g/mol. The highest BCUT2D eigenvalue weighted by Crippen LogP contribution is 2.53. The van der Waals surface area contributed by atoms with Crippen LogP contribution in [0.2, 0.25) is 0 Å². The number of hydrogen-bond acceptors (Lipinski definition) is 6. The van der Waals surface area contributed by atoms with Gasteiger partial charge in [0.2, 0.25) is 0 Å². The Morgan fingerprint density at radius 1 is 1.38 bits per heavy atom. The summed E-state index contributed by atoms with van der Waals surface area (Å²) in [7, 11) is 0. The lowest BCUT2D eigenvalue weighted by Gasteiger charge is -2.37. The van der Waals surface area contributed by atoms with E-state index in [1.54, 1.807) is 24.7 Å². The molecule has 2 aliphatic heterocycles. The smallest absolute Gasteiger partial charge is 0.154 e. The molecule has 3 heterocycles. The first-order valence-electron chi connectivity index (χ1n) is 7.77. The fraction of sp³-hybridized carbons (Fsp3) is 0.353. The van der Waals surface area contributed by atoms with Gasteiger partial charge in [0, 0.05) is 36.0 Å². The average molecular weight is 344 g/mol. The van der Waals surface area contributed by atoms with Gasteiger partial charge in [0.25, 0.3) is 0 Å². The lowest BCUT2D eigenvalue weighted by Crippen LogP contribution is -2.41. The minimum atomic E-state index is -0.548. The first-order valence-corrected chi connectivity index (χ1v) is 8.59. The van der Waals surface area contributed by atoms with Crippen molar-refractivity contribution in [1.29, 1.82) is 0 Å². The lowest BCUT2D eigenvalue weighted by atomic mass is 9.83. The minimum absolute atomic E-state index is 0.00826. The average Bonchev–Trinajstić information content (AvgIpc) is 2.93. The molecule has 2 N–H and O–H groups in total. The Balaban J connectivity index is 1.85. The third-order valence-electron chi connectivity index (χ3n) is 4.74. The van der Waals surface area contributed by atoms with Gasteiger partial charge in [-0.25, -0.2) is 4.39 Å². The SMILES string of the molecule is C[C@H]1OC[C@]2(c3cc(-c4cnccn4)ccc3F)SC(N)=NC[C@@H]12. The van der Waals surface area contributed by atoms with Gasteiger partial charge < -0.3 is 10.5 Å². The minimum Gasteiger partial charge on any atom is -0.379 e. The van der Waals surface area contributed by atoms with Gasteiger partial charge >= 0.3 is 0 Å². The Morgan fingerprint density at radius 3 is 3.04 bits per heavy atom. The molecule has 1 fully saturated rings. The molecule has 24 heavy (non-hydrogen) atoms. The van der Waals surface area contributed by atoms with Crippen molar-refractivity contribution < 1.29 is 9.13 Å². The normalized spacial score (nSPS) is 29.2. The van der Waals surface area contributed by atoms with Crippen molar-refractivity contribution in [3.05, 3.63) is 48.2 Å². The molecule has 7 heteroatoms. The van der Waals surface area contributed by atoms with Crippen molar-refractivity contribution in [2.45, 2.75) is 17.8 Å². The van der Waals surface area contributed by atoms with Crippen LogP contribution in [0, 0.1) is 11.7 Å². The summed E-state index contributed by atoms with van der Waals surface area (Å²) in [5, 5.41) is 0.480. The Bertz CT molecular complexity index is 800. The molecule has 0 aliphatic carbocycles. The molecule has 2 aliphatic rings. The van der Waals surface area contributed by atoms with Gasteiger partial charge in [-0.2, -0.15) is 0 Å². The summed E-state index contributed by atoms with van der Waals surface area (Å²) in [6, 6.07) is 5.05. The number of benzene rings is 1. The number of thioether (sulfide) groups is 1. The molecule has 5 nitrogen and oxygen atoms in total. The predicted molar refractivity (Wildman–Crippen MR) is 92.1 cm³/mol. The highest BCUT2D eigenvalue weighted by Gasteiger charge is 2.53. The first-order chi connectivity index (χ1) is 11.6. The summed E-state index contributed by atoms with van der Waals surface area (Å²) in [5.74, 6) is -0.172. The predicted octanol–water partition coefficient (Wildman–Crippen LogP) is 2.57. The summed E-state index contributed by atoms with van der Waals surface area (Å²) in [5.41, 5.74) is 8.11. The Labute approximate surface area is 143 Å². The molecule has 0 bridgehead atoms. The van der Waals surface area contributed by atoms with E-state index >= 15 is 0 Å². The Hall–Kier alpha value is -1.99. The zero-order chi connectivity index (χ0) is 16.7. The molecule has 1 aromatic heterocycles. The van der Waals surface area contributed by atoms with E-state index in [1.165, 1.54) is 17.8 Å². The van der Waals surface area contributed by atoms with E-state index in [-0.39, 0.29) is 17.8 Å². The van der Waals surface area contributed by atoms with E-state index in [4.69, 9.17) is 10.5 Å². The topological polar surface area (TPSA) is 73.4 Å². The summed E-state index contributed by atoms with van der Waals surface area (Å²) >= 11 is 1.41. The van der Waals surface area contributed by atoms with Crippen LogP contribution in [-0.4, -0.2) is 34.4 Å². The van der Waals surface area contributed by atoms with E-state index < -0.39 is 4.75 Å². The Morgan fingerprint density at radius 2 is 2.25 bits per heavy atom. The van der Waals surface area contributed by atoms with E-state index in [0.717, 1.165) is 5.56 Å². The molecular formula is C17H17FN4OS. The second kappa shape index (κ2) is 5.82. The van der Waals surface area contributed by atoms with E-state index in [1.807, 2.05) is 13.0 Å². The lowest BCUT2D eigenvalue weighted by molar-refractivity contribution is 0.107. The third-order valence-corrected chi connectivity index (χ3v) is 6.08. The maximum absolute atomic E-state index is 14.8. The van der Waals surface area contributed by atoms with E-state index in [2.05, 4.69) is 15.0 Å². The van der Waals surface area contributed by atoms with Crippen molar-refractivity contribution in [3.8, 4) is 11.3 Å². The maximum atomic E-state index is 14.8. The first kappa shape index (κ1) is 15.5. The van der Waals surface area contributed by atoms with Gasteiger partial charge in [0.15, 0.2) is 5.17 Å². The number of ether oxygens (including phenoxy) is 1. The van der Waals surface area contributed by atoms with Crippen LogP contribution in [0.4, 0.5) is 4.39 Å². The summed E-state index contributed by atoms with van der Waals surface area (Å²) < 4.78 is 20.1. The summed E-state index contributed by atoms with van der Waals surface area (Å²) in [6.45, 7) is 2.98. The van der Waals surface area contributed by atoms with Gasteiger partial charge in [-0.3, -0.25) is 15.0 Å². The van der Waals surface area contributed by atoms with Crippen LogP contribution in [0.3, 0.4) is 0 Å². The largest absolute Gasteiger partial charge is 0.379 e. The fourth-order valence-corrected chi connectivity index (χ4v) is 4.78. The standard InChI is InChI=1S/C17H17FN4OS/c1-10-13-7-22-16(19)24-17(13,9-23-10)12-6-11(2-3-14(12)18)15-8-20-4-5-21-15/h2-6,8,10,13H,7,9H2,1H3,(H2,19,22)/t10-,13+,17-/m1/s1. The highest BCUT2D eigenvalue weighted by molar-refractivity contribution is 8.14. The van der Waals surface area contributed by atoms with E-state index in [0.29, 0.717) is 29.6 Å². The number of fused-ring (bicyclic) bond motifs is 1. The maximum Gasteiger partial charge on any atom is 0.154 e. The molecule has 4 rings (SSSR count). The molecule has 2 aromatic rings. The number of halogens is 1. The van der Waals surface area contributed by atoms with Crippen molar-refractivity contribution in [2.75, 3.05) is 13.2 Å². The van der Waals surface area contributed by atoms with Gasteiger partial charge in [-0.15, -0.1) is 0 Å². The van der Waals surface area contributed by atoms with Crippen LogP contribution in [0.15, 0.2) is 41.8 Å². The third kappa shape index (κ3) is 2.39. The van der Waals surface area contributed by atoms with E-state index in [9.17, 15) is 4.39 Å². The molecule has 0 amide bonds. The monoisotopic (exact) mass is 344 g/mol. The van der Waals surface area contributed by atoms with Crippen molar-refractivity contribution in [1.82, 2.24) is 9.97 Å². The molecule has 0 unspecified atom stereocenters. The molecule has 0 radical (unpaired) electrons. The molecule has 1 saturated heterocycles. The van der Waals surface area contributed by atoms with Crippen LogP contribution in [-0.2, 0) is 9.48 Å². The van der Waals surface area contributed by atoms with Crippen LogP contribution >= 0.6 is 11.8 Å². The van der Waals surface area contributed by atoms with Gasteiger partial charge in [-0.1, -0.05) is 11.8 Å². The second-order valence-corrected chi connectivity index (χ2v) is 7.43. The second-order valence-electron chi connectivity index (χ2n) is 6.08. The summed E-state index contributed by atoms with van der Waals surface area (Å²) in [4.78, 5) is 12.7. The number of rotatable bonds is 2. The number of nitrogens with zero attached hydrogens (tertiary/aromatic N) is 3. The number of aromatic nitrogens is 2. The van der Waals surface area contributed by atoms with Crippen LogP contribution in [0.5, 0.6) is 0 Å². The number of aliphatic imine (C=N–C) groups is 1. The van der Waals surface area contributed by atoms with Crippen molar-refractivity contribution in [2.24, 2.45) is 16.6 Å². The molecule has 1 aromatic carbocycles. The van der Waals surface area contributed by atoms with Crippen LogP contribution in [0.1, 0.15) is 12.5 Å². The van der Waals surface area contributed by atoms with Crippen molar-refractivity contribution in [3.63, 3.8) is 0 Å². The quantitative estimate of drug-likeness (QED) is 0.906.